The van der Waals surface area contributed by atoms with Crippen LogP contribution < -0.4 is 5.32 Å². The Bertz CT molecular complexity index is 445. The zero-order valence-corrected chi connectivity index (χ0v) is 9.45. The van der Waals surface area contributed by atoms with Crippen LogP contribution in [0.3, 0.4) is 0 Å². The van der Waals surface area contributed by atoms with E-state index in [9.17, 15) is 9.90 Å². The summed E-state index contributed by atoms with van der Waals surface area (Å²) in [7, 11) is 0. The third kappa shape index (κ3) is 2.14. The minimum Gasteiger partial charge on any atom is -0.507 e. The zero-order valence-electron chi connectivity index (χ0n) is 8.64. The lowest BCUT2D eigenvalue weighted by atomic mass is 10.2. The van der Waals surface area contributed by atoms with E-state index < -0.39 is 0 Å². The molecule has 0 bridgehead atoms. The second kappa shape index (κ2) is 4.49. The SMILES string of the molecule is CSC1NC(=O)/C(=C/c2ccccc2O)O1. The number of phenolic OH excluding ortho intramolecular Hbond substituents is 1. The van der Waals surface area contributed by atoms with E-state index in [0.29, 0.717) is 5.56 Å². The molecular formula is C11H11NO3S. The normalized spacial score (nSPS) is 21.9. The second-order valence-corrected chi connectivity index (χ2v) is 4.13. The smallest absolute Gasteiger partial charge is 0.289 e. The molecule has 0 aromatic heterocycles. The predicted octanol–water partition coefficient (Wildman–Crippen LogP) is 1.53. The van der Waals surface area contributed by atoms with Gasteiger partial charge in [0.15, 0.2) is 5.76 Å². The fourth-order valence-corrected chi connectivity index (χ4v) is 1.76. The molecular weight excluding hydrogens is 226 g/mol. The van der Waals surface area contributed by atoms with Gasteiger partial charge in [-0.25, -0.2) is 0 Å². The molecule has 84 valence electrons. The van der Waals surface area contributed by atoms with E-state index >= 15 is 0 Å². The number of hydrogen-bond donors (Lipinski definition) is 2. The van der Waals surface area contributed by atoms with E-state index in [-0.39, 0.29) is 23.0 Å². The lowest BCUT2D eigenvalue weighted by molar-refractivity contribution is -0.116. The van der Waals surface area contributed by atoms with Crippen LogP contribution in [0.15, 0.2) is 30.0 Å². The van der Waals surface area contributed by atoms with Gasteiger partial charge in [-0.2, -0.15) is 0 Å². The number of nitrogens with one attached hydrogen (secondary N) is 1. The number of carbonyl (C=O) groups is 1. The van der Waals surface area contributed by atoms with Crippen LogP contribution in [0.2, 0.25) is 0 Å². The van der Waals surface area contributed by atoms with Gasteiger partial charge in [0.05, 0.1) is 0 Å². The maximum absolute atomic E-state index is 11.5. The Morgan fingerprint density at radius 3 is 2.88 bits per heavy atom. The second-order valence-electron chi connectivity index (χ2n) is 3.23. The highest BCUT2D eigenvalue weighted by Crippen LogP contribution is 2.24. The Kier molecular flexibility index (Phi) is 3.05. The Morgan fingerprint density at radius 1 is 1.50 bits per heavy atom. The van der Waals surface area contributed by atoms with Gasteiger partial charge in [0.2, 0.25) is 5.56 Å². The number of amides is 1. The standard InChI is InChI=1S/C11H11NO3S/c1-16-11-12-10(14)9(15-11)6-7-4-2-3-5-8(7)13/h2-6,11,13H,1H3,(H,12,14)/b9-6-. The van der Waals surface area contributed by atoms with Crippen molar-refractivity contribution >= 4 is 23.7 Å². The number of para-hydroxylation sites is 1. The molecule has 1 atom stereocenters. The quantitative estimate of drug-likeness (QED) is 0.766. The van der Waals surface area contributed by atoms with Gasteiger partial charge in [0, 0.05) is 5.56 Å². The summed E-state index contributed by atoms with van der Waals surface area (Å²) in [5.74, 6) is 0.0856. The summed E-state index contributed by atoms with van der Waals surface area (Å²) in [4.78, 5) is 11.5. The van der Waals surface area contributed by atoms with E-state index in [2.05, 4.69) is 5.32 Å². The largest absolute Gasteiger partial charge is 0.507 e. The Labute approximate surface area is 97.3 Å². The molecule has 0 radical (unpaired) electrons. The number of carbonyl (C=O) groups excluding carboxylic acids is 1. The highest BCUT2D eigenvalue weighted by Gasteiger charge is 2.26. The topological polar surface area (TPSA) is 58.6 Å². The molecule has 5 heteroatoms. The van der Waals surface area contributed by atoms with E-state index in [1.807, 2.05) is 6.26 Å². The van der Waals surface area contributed by atoms with Crippen molar-refractivity contribution in [2.75, 3.05) is 6.26 Å². The average molecular weight is 237 g/mol. The lowest BCUT2D eigenvalue weighted by Crippen LogP contribution is -2.22. The van der Waals surface area contributed by atoms with Crippen LogP contribution in [-0.4, -0.2) is 22.8 Å². The van der Waals surface area contributed by atoms with Crippen LogP contribution in [0, 0.1) is 0 Å². The maximum Gasteiger partial charge on any atom is 0.289 e. The molecule has 1 aromatic carbocycles. The van der Waals surface area contributed by atoms with Crippen molar-refractivity contribution in [3.05, 3.63) is 35.6 Å². The van der Waals surface area contributed by atoms with Crippen LogP contribution in [0.4, 0.5) is 0 Å². The monoisotopic (exact) mass is 237 g/mol. The van der Waals surface area contributed by atoms with Crippen LogP contribution in [-0.2, 0) is 9.53 Å². The molecule has 0 aliphatic carbocycles. The Hall–Kier alpha value is -1.62. The molecule has 1 amide bonds. The van der Waals surface area contributed by atoms with E-state index in [4.69, 9.17) is 4.74 Å². The minimum absolute atomic E-state index is 0.124. The first-order valence-corrected chi connectivity index (χ1v) is 5.99. The van der Waals surface area contributed by atoms with Gasteiger partial charge in [0.25, 0.3) is 5.91 Å². The molecule has 1 unspecified atom stereocenters. The molecule has 2 N–H and O–H groups in total. The first-order chi connectivity index (χ1) is 7.70. The molecule has 1 aromatic rings. The average Bonchev–Trinajstić information content (AvgIpc) is 2.63. The number of thioether (sulfide) groups is 1. The van der Waals surface area contributed by atoms with Crippen LogP contribution >= 0.6 is 11.8 Å². The van der Waals surface area contributed by atoms with Gasteiger partial charge < -0.3 is 15.2 Å². The molecule has 16 heavy (non-hydrogen) atoms. The molecule has 1 fully saturated rings. The highest BCUT2D eigenvalue weighted by atomic mass is 32.2. The molecule has 1 aliphatic rings. The first kappa shape index (κ1) is 10.9. The van der Waals surface area contributed by atoms with Crippen molar-refractivity contribution in [3.8, 4) is 5.75 Å². The molecule has 0 saturated carbocycles. The van der Waals surface area contributed by atoms with Crippen molar-refractivity contribution in [2.45, 2.75) is 5.56 Å². The summed E-state index contributed by atoms with van der Waals surface area (Å²) < 4.78 is 5.33. The zero-order chi connectivity index (χ0) is 11.5. The fourth-order valence-electron chi connectivity index (χ4n) is 1.33. The molecule has 1 heterocycles. The fraction of sp³-hybridized carbons (Fsp3) is 0.182. The summed E-state index contributed by atoms with van der Waals surface area (Å²) >= 11 is 1.40. The van der Waals surface area contributed by atoms with Crippen LogP contribution in [0.5, 0.6) is 5.75 Å². The highest BCUT2D eigenvalue weighted by molar-refractivity contribution is 7.99. The van der Waals surface area contributed by atoms with Crippen molar-refractivity contribution in [3.63, 3.8) is 0 Å². The molecule has 1 saturated heterocycles. The summed E-state index contributed by atoms with van der Waals surface area (Å²) in [6.07, 6.45) is 3.37. The minimum atomic E-state index is -0.343. The molecule has 1 aliphatic heterocycles. The van der Waals surface area contributed by atoms with Crippen molar-refractivity contribution in [1.29, 1.82) is 0 Å². The van der Waals surface area contributed by atoms with Crippen LogP contribution in [0.25, 0.3) is 6.08 Å². The van der Waals surface area contributed by atoms with Gasteiger partial charge in [-0.05, 0) is 18.4 Å². The number of rotatable bonds is 2. The third-order valence-corrected chi connectivity index (χ3v) is 2.79. The van der Waals surface area contributed by atoms with Gasteiger partial charge in [-0.15, -0.1) is 0 Å². The lowest BCUT2D eigenvalue weighted by Gasteiger charge is -2.04. The number of phenols is 1. The van der Waals surface area contributed by atoms with Gasteiger partial charge in [-0.3, -0.25) is 4.79 Å². The van der Waals surface area contributed by atoms with Crippen LogP contribution in [0.1, 0.15) is 5.56 Å². The third-order valence-electron chi connectivity index (χ3n) is 2.14. The maximum atomic E-state index is 11.5. The molecule has 4 nitrogen and oxygen atoms in total. The Balaban J connectivity index is 2.25. The summed E-state index contributed by atoms with van der Waals surface area (Å²) in [6.45, 7) is 0. The number of aromatic hydroxyl groups is 1. The number of benzene rings is 1. The van der Waals surface area contributed by atoms with Crippen molar-refractivity contribution < 1.29 is 14.6 Å². The van der Waals surface area contributed by atoms with Gasteiger partial charge >= 0.3 is 0 Å². The van der Waals surface area contributed by atoms with E-state index in [0.717, 1.165) is 0 Å². The van der Waals surface area contributed by atoms with Gasteiger partial charge in [0.1, 0.15) is 5.75 Å². The van der Waals surface area contributed by atoms with E-state index in [1.165, 1.54) is 17.8 Å². The Morgan fingerprint density at radius 2 is 2.25 bits per heavy atom. The van der Waals surface area contributed by atoms with Crippen molar-refractivity contribution in [1.82, 2.24) is 5.32 Å². The number of hydrogen-bond acceptors (Lipinski definition) is 4. The van der Waals surface area contributed by atoms with E-state index in [1.54, 1.807) is 24.3 Å². The molecule has 2 rings (SSSR count). The predicted molar refractivity (Wildman–Crippen MR) is 62.6 cm³/mol. The van der Waals surface area contributed by atoms with Crippen molar-refractivity contribution in [2.24, 2.45) is 0 Å². The summed E-state index contributed by atoms with van der Waals surface area (Å²) in [5.41, 5.74) is 0.221. The van der Waals surface area contributed by atoms with Gasteiger partial charge in [-0.1, -0.05) is 30.0 Å². The number of ether oxygens (including phenoxy) is 1. The first-order valence-electron chi connectivity index (χ1n) is 4.70. The summed E-state index contributed by atoms with van der Waals surface area (Å²) in [6, 6.07) is 6.78. The summed E-state index contributed by atoms with van der Waals surface area (Å²) in [5, 5.41) is 12.2. The molecule has 0 spiro atoms.